The second-order valence-electron chi connectivity index (χ2n) is 6.96. The van der Waals surface area contributed by atoms with E-state index in [0.717, 1.165) is 5.56 Å². The minimum Gasteiger partial charge on any atom is -0.362 e. The molecule has 1 aromatic rings. The van der Waals surface area contributed by atoms with Gasteiger partial charge in [-0.3, -0.25) is 4.79 Å². The molecule has 0 aromatic heterocycles. The van der Waals surface area contributed by atoms with Gasteiger partial charge in [-0.2, -0.15) is 23.3 Å². The van der Waals surface area contributed by atoms with Crippen molar-refractivity contribution in [2.24, 2.45) is 5.10 Å². The number of aliphatic hydroxyl groups is 1. The van der Waals surface area contributed by atoms with Gasteiger partial charge in [0.2, 0.25) is 0 Å². The Balaban J connectivity index is 2.38. The van der Waals surface area contributed by atoms with Crippen LogP contribution < -0.4 is 0 Å². The van der Waals surface area contributed by atoms with Crippen molar-refractivity contribution in [2.45, 2.75) is 57.9 Å². The zero-order valence-corrected chi connectivity index (χ0v) is 14.1. The Morgan fingerprint density at radius 3 is 2.21 bits per heavy atom. The van der Waals surface area contributed by atoms with E-state index in [9.17, 15) is 23.1 Å². The lowest BCUT2D eigenvalue weighted by atomic mass is 9.86. The molecule has 1 unspecified atom stereocenters. The molecule has 132 valence electrons. The lowest BCUT2D eigenvalue weighted by molar-refractivity contribution is -0.297. The van der Waals surface area contributed by atoms with Gasteiger partial charge in [-0.1, -0.05) is 39.8 Å². The van der Waals surface area contributed by atoms with Crippen molar-refractivity contribution in [1.29, 1.82) is 0 Å². The van der Waals surface area contributed by atoms with Gasteiger partial charge in [0.15, 0.2) is 0 Å². The lowest BCUT2D eigenvalue weighted by Gasteiger charge is -2.32. The first kappa shape index (κ1) is 18.4. The molecule has 0 fully saturated rings. The third-order valence-electron chi connectivity index (χ3n) is 4.09. The van der Waals surface area contributed by atoms with Gasteiger partial charge in [0.25, 0.3) is 11.6 Å². The number of hydrogen-bond donors (Lipinski definition) is 1. The molecule has 0 saturated carbocycles. The Hall–Kier alpha value is -1.89. The van der Waals surface area contributed by atoms with Crippen LogP contribution in [0.1, 0.15) is 56.5 Å². The number of alkyl halides is 3. The van der Waals surface area contributed by atoms with E-state index in [1.54, 1.807) is 19.1 Å². The van der Waals surface area contributed by atoms with E-state index in [1.807, 2.05) is 20.8 Å². The second kappa shape index (κ2) is 5.88. The maximum atomic E-state index is 13.3. The second-order valence-corrected chi connectivity index (χ2v) is 6.96. The van der Waals surface area contributed by atoms with E-state index >= 15 is 0 Å². The molecule has 0 saturated heterocycles. The number of nitrogens with zero attached hydrogens (tertiary/aromatic N) is 2. The van der Waals surface area contributed by atoms with Gasteiger partial charge in [-0.15, -0.1) is 0 Å². The number of rotatable bonds is 2. The van der Waals surface area contributed by atoms with E-state index in [1.165, 1.54) is 12.1 Å². The largest absolute Gasteiger partial charge is 0.438 e. The Morgan fingerprint density at radius 1 is 1.25 bits per heavy atom. The summed E-state index contributed by atoms with van der Waals surface area (Å²) in [6.45, 7) is 7.60. The monoisotopic (exact) mass is 342 g/mol. The molecular formula is C17H21F3N2O2. The summed E-state index contributed by atoms with van der Waals surface area (Å²) in [6, 6.07) is 6.30. The lowest BCUT2D eigenvalue weighted by Crippen LogP contribution is -2.56. The maximum absolute atomic E-state index is 13.3. The Labute approximate surface area is 139 Å². The van der Waals surface area contributed by atoms with Gasteiger partial charge in [-0.25, -0.2) is 0 Å². The Kier molecular flexibility index (Phi) is 4.52. The predicted molar refractivity (Wildman–Crippen MR) is 84.7 cm³/mol. The van der Waals surface area contributed by atoms with Crippen molar-refractivity contribution < 1.29 is 23.1 Å². The molecule has 0 spiro atoms. The number of halogens is 3. The molecule has 0 radical (unpaired) electrons. The minimum atomic E-state index is -4.99. The van der Waals surface area contributed by atoms with Crippen molar-refractivity contribution in [3.8, 4) is 0 Å². The highest BCUT2D eigenvalue weighted by molar-refractivity contribution is 5.98. The van der Waals surface area contributed by atoms with Crippen LogP contribution in [-0.2, 0) is 5.41 Å². The Morgan fingerprint density at radius 2 is 1.79 bits per heavy atom. The van der Waals surface area contributed by atoms with Crippen LogP contribution in [0.4, 0.5) is 13.2 Å². The Bertz CT molecular complexity index is 660. The molecule has 7 heteroatoms. The van der Waals surface area contributed by atoms with Gasteiger partial charge >= 0.3 is 6.18 Å². The van der Waals surface area contributed by atoms with Crippen LogP contribution >= 0.6 is 0 Å². The van der Waals surface area contributed by atoms with Crippen LogP contribution in [0.2, 0.25) is 0 Å². The summed E-state index contributed by atoms with van der Waals surface area (Å²) in [4.78, 5) is 12.5. The van der Waals surface area contributed by atoms with E-state index in [-0.39, 0.29) is 28.1 Å². The van der Waals surface area contributed by atoms with E-state index < -0.39 is 24.2 Å². The normalized spacial score (nSPS) is 21.8. The zero-order valence-electron chi connectivity index (χ0n) is 14.1. The molecule has 1 amide bonds. The molecule has 2 rings (SSSR count). The average molecular weight is 342 g/mol. The van der Waals surface area contributed by atoms with Crippen LogP contribution in [0.3, 0.4) is 0 Å². The molecule has 1 aliphatic heterocycles. The summed E-state index contributed by atoms with van der Waals surface area (Å²) in [5.74, 6) is -0.973. The minimum absolute atomic E-state index is 0.0479. The molecule has 24 heavy (non-hydrogen) atoms. The highest BCUT2D eigenvalue weighted by atomic mass is 19.4. The summed E-state index contributed by atoms with van der Waals surface area (Å²) in [6.07, 6.45) is -5.49. The average Bonchev–Trinajstić information content (AvgIpc) is 2.84. The highest BCUT2D eigenvalue weighted by Gasteiger charge is 2.63. The SMILES string of the molecule is CCC1=NN(C(=O)c2ccc(C(C)(C)C)cc2)C(O)(C(F)(F)F)C1. The number of carbonyl (C=O) groups is 1. The van der Waals surface area contributed by atoms with Crippen LogP contribution in [0.5, 0.6) is 0 Å². The predicted octanol–water partition coefficient (Wildman–Crippen LogP) is 3.85. The molecule has 1 aromatic carbocycles. The maximum Gasteiger partial charge on any atom is 0.438 e. The summed E-state index contributed by atoms with van der Waals surface area (Å²) < 4.78 is 39.9. The first-order valence-corrected chi connectivity index (χ1v) is 7.70. The smallest absolute Gasteiger partial charge is 0.362 e. The number of hydrazone groups is 1. The molecular weight excluding hydrogens is 321 g/mol. The number of carbonyl (C=O) groups excluding carboxylic acids is 1. The van der Waals surface area contributed by atoms with Crippen molar-refractivity contribution in [2.75, 3.05) is 0 Å². The molecule has 1 N–H and O–H groups in total. The van der Waals surface area contributed by atoms with Crippen LogP contribution in [0.15, 0.2) is 29.4 Å². The summed E-state index contributed by atoms with van der Waals surface area (Å²) in [5, 5.41) is 13.9. The first-order valence-electron chi connectivity index (χ1n) is 7.70. The molecule has 1 aliphatic rings. The fraction of sp³-hybridized carbons (Fsp3) is 0.529. The van der Waals surface area contributed by atoms with Crippen molar-refractivity contribution >= 4 is 11.6 Å². The van der Waals surface area contributed by atoms with E-state index in [0.29, 0.717) is 0 Å². The quantitative estimate of drug-likeness (QED) is 0.888. The van der Waals surface area contributed by atoms with Gasteiger partial charge in [-0.05, 0) is 29.5 Å². The number of hydrogen-bond acceptors (Lipinski definition) is 3. The highest BCUT2D eigenvalue weighted by Crippen LogP contribution is 2.41. The van der Waals surface area contributed by atoms with Gasteiger partial charge in [0.05, 0.1) is 0 Å². The molecule has 0 bridgehead atoms. The molecule has 0 aliphatic carbocycles. The van der Waals surface area contributed by atoms with Crippen molar-refractivity contribution in [1.82, 2.24) is 5.01 Å². The third-order valence-corrected chi connectivity index (χ3v) is 4.09. The third kappa shape index (κ3) is 3.17. The van der Waals surface area contributed by atoms with Gasteiger partial charge < -0.3 is 5.11 Å². The fourth-order valence-corrected chi connectivity index (χ4v) is 2.48. The molecule has 1 atom stereocenters. The standard InChI is InChI=1S/C17H21F3N2O2/c1-5-13-10-16(24,17(18,19)20)22(21-13)14(23)11-6-8-12(9-7-11)15(2,3)4/h6-9,24H,5,10H2,1-4H3. The zero-order chi connectivity index (χ0) is 18.3. The van der Waals surface area contributed by atoms with Crippen LogP contribution in [0.25, 0.3) is 0 Å². The van der Waals surface area contributed by atoms with Crippen LogP contribution in [-0.4, -0.2) is 33.6 Å². The topological polar surface area (TPSA) is 52.9 Å². The van der Waals surface area contributed by atoms with E-state index in [2.05, 4.69) is 5.10 Å². The van der Waals surface area contributed by atoms with E-state index in [4.69, 9.17) is 0 Å². The van der Waals surface area contributed by atoms with Crippen molar-refractivity contribution in [3.63, 3.8) is 0 Å². The molecule has 1 heterocycles. The fourth-order valence-electron chi connectivity index (χ4n) is 2.48. The van der Waals surface area contributed by atoms with Gasteiger partial charge in [0, 0.05) is 17.7 Å². The summed E-state index contributed by atoms with van der Waals surface area (Å²) in [7, 11) is 0. The first-order chi connectivity index (χ1) is 10.9. The van der Waals surface area contributed by atoms with Gasteiger partial charge in [0.1, 0.15) is 0 Å². The molecule has 4 nitrogen and oxygen atoms in total. The summed E-state index contributed by atoms with van der Waals surface area (Å²) >= 11 is 0. The van der Waals surface area contributed by atoms with Crippen LogP contribution in [0, 0.1) is 0 Å². The number of benzene rings is 1. The van der Waals surface area contributed by atoms with Crippen molar-refractivity contribution in [3.05, 3.63) is 35.4 Å². The number of amides is 1. The summed E-state index contributed by atoms with van der Waals surface area (Å²) in [5.41, 5.74) is -2.31.